The van der Waals surface area contributed by atoms with Gasteiger partial charge in [-0.1, -0.05) is 6.07 Å². The Bertz CT molecular complexity index is 1260. The van der Waals surface area contributed by atoms with Crippen LogP contribution in [0.15, 0.2) is 65.0 Å². The van der Waals surface area contributed by atoms with Crippen molar-refractivity contribution in [2.24, 2.45) is 16.5 Å². The monoisotopic (exact) mass is 493 g/mol. The van der Waals surface area contributed by atoms with Crippen molar-refractivity contribution in [1.29, 1.82) is 0 Å². The molecular formula is C26H35N7O3. The smallest absolute Gasteiger partial charge is 0.205 e. The number of allylic oxidation sites excluding steroid dienone is 1. The lowest BCUT2D eigenvalue weighted by atomic mass is 10.0. The normalized spacial score (nSPS) is 15.7. The fourth-order valence-corrected chi connectivity index (χ4v) is 4.31. The van der Waals surface area contributed by atoms with E-state index in [2.05, 4.69) is 14.5 Å². The minimum atomic E-state index is -0.404. The Labute approximate surface area is 212 Å². The number of fused-ring (bicyclic) bond motifs is 1. The lowest BCUT2D eigenvalue weighted by Crippen LogP contribution is -2.46. The van der Waals surface area contributed by atoms with E-state index in [0.717, 1.165) is 34.0 Å². The zero-order chi connectivity index (χ0) is 26.0. The van der Waals surface area contributed by atoms with E-state index < -0.39 is 5.60 Å². The molecule has 0 amide bonds. The van der Waals surface area contributed by atoms with Crippen molar-refractivity contribution in [2.75, 3.05) is 39.4 Å². The molecule has 2 aromatic rings. The summed E-state index contributed by atoms with van der Waals surface area (Å²) in [6, 6.07) is 5.95. The van der Waals surface area contributed by atoms with Gasteiger partial charge < -0.3 is 35.1 Å². The third-order valence-electron chi connectivity index (χ3n) is 6.44. The molecule has 1 aromatic heterocycles. The molecule has 1 aromatic carbocycles. The molecule has 4 N–H and O–H groups in total. The molecule has 0 saturated carbocycles. The molecule has 3 heterocycles. The second kappa shape index (κ2) is 10.1. The highest BCUT2D eigenvalue weighted by molar-refractivity contribution is 6.02. The van der Waals surface area contributed by atoms with E-state index in [1.807, 2.05) is 67.2 Å². The first-order valence-electron chi connectivity index (χ1n) is 11.7. The number of methoxy groups -OCH3 is 3. The third-order valence-corrected chi connectivity index (χ3v) is 6.44. The lowest BCUT2D eigenvalue weighted by molar-refractivity contribution is 0.00703. The van der Waals surface area contributed by atoms with Crippen molar-refractivity contribution in [3.05, 3.63) is 65.8 Å². The number of imidazole rings is 1. The molecule has 10 nitrogen and oxygen atoms in total. The van der Waals surface area contributed by atoms with Gasteiger partial charge in [-0.25, -0.2) is 9.98 Å². The highest BCUT2D eigenvalue weighted by atomic mass is 16.5. The quantitative estimate of drug-likeness (QED) is 0.548. The molecule has 0 unspecified atom stereocenters. The molecule has 192 valence electrons. The highest BCUT2D eigenvalue weighted by Crippen LogP contribution is 2.39. The fraction of sp³-hybridized carbons (Fsp3) is 0.385. The molecule has 4 rings (SSSR count). The number of rotatable bonds is 9. The maximum Gasteiger partial charge on any atom is 0.205 e. The second-order valence-electron chi connectivity index (χ2n) is 9.27. The Morgan fingerprint density at radius 3 is 2.58 bits per heavy atom. The summed E-state index contributed by atoms with van der Waals surface area (Å²) < 4.78 is 18.9. The molecule has 2 aliphatic rings. The first-order valence-corrected chi connectivity index (χ1v) is 11.7. The lowest BCUT2D eigenvalue weighted by Gasteiger charge is -2.38. The van der Waals surface area contributed by atoms with Gasteiger partial charge in [0.1, 0.15) is 17.4 Å². The molecule has 0 bridgehead atoms. The zero-order valence-corrected chi connectivity index (χ0v) is 21.8. The van der Waals surface area contributed by atoms with Gasteiger partial charge in [-0.2, -0.15) is 0 Å². The number of benzene rings is 1. The van der Waals surface area contributed by atoms with Gasteiger partial charge in [0.15, 0.2) is 0 Å². The van der Waals surface area contributed by atoms with Crippen molar-refractivity contribution in [3.8, 4) is 17.0 Å². The summed E-state index contributed by atoms with van der Waals surface area (Å²) in [7, 11) is 5.01. The van der Waals surface area contributed by atoms with Crippen molar-refractivity contribution < 1.29 is 14.2 Å². The topological polar surface area (TPSA) is 116 Å². The van der Waals surface area contributed by atoms with Crippen molar-refractivity contribution >= 4 is 11.6 Å². The van der Waals surface area contributed by atoms with Gasteiger partial charge in [-0.3, -0.25) is 4.90 Å². The van der Waals surface area contributed by atoms with Gasteiger partial charge >= 0.3 is 0 Å². The summed E-state index contributed by atoms with van der Waals surface area (Å²) in [6.07, 6.45) is 7.49. The predicted octanol–water partition coefficient (Wildman–Crippen LogP) is 2.91. The number of nitrogens with two attached hydrogens (primary N) is 2. The molecule has 0 saturated heterocycles. The number of aryl methyl sites for hydroxylation is 1. The van der Waals surface area contributed by atoms with Crippen molar-refractivity contribution in [3.63, 3.8) is 0 Å². The van der Waals surface area contributed by atoms with Crippen LogP contribution in [0.5, 0.6) is 5.75 Å². The van der Waals surface area contributed by atoms with E-state index in [1.54, 1.807) is 27.5 Å². The Morgan fingerprint density at radius 1 is 1.11 bits per heavy atom. The van der Waals surface area contributed by atoms with Crippen LogP contribution in [0.25, 0.3) is 11.3 Å². The summed E-state index contributed by atoms with van der Waals surface area (Å²) in [4.78, 5) is 12.7. The Balaban J connectivity index is 1.76. The van der Waals surface area contributed by atoms with Crippen LogP contribution in [0.4, 0.5) is 5.69 Å². The molecule has 10 heteroatoms. The summed E-state index contributed by atoms with van der Waals surface area (Å²) in [5.74, 6) is 2.39. The Hall–Kier alpha value is -3.76. The molecule has 0 spiro atoms. The van der Waals surface area contributed by atoms with E-state index in [1.165, 1.54) is 0 Å². The molecule has 0 aliphatic carbocycles. The van der Waals surface area contributed by atoms with E-state index in [9.17, 15) is 0 Å². The summed E-state index contributed by atoms with van der Waals surface area (Å²) >= 11 is 0. The van der Waals surface area contributed by atoms with Crippen LogP contribution in [-0.4, -0.2) is 60.5 Å². The maximum absolute atomic E-state index is 6.71. The van der Waals surface area contributed by atoms with E-state index >= 15 is 0 Å². The van der Waals surface area contributed by atoms with Crippen molar-refractivity contribution in [1.82, 2.24) is 14.5 Å². The average Bonchev–Trinajstić information content (AvgIpc) is 3.24. The molecule has 0 atom stereocenters. The van der Waals surface area contributed by atoms with Crippen molar-refractivity contribution in [2.45, 2.75) is 32.9 Å². The van der Waals surface area contributed by atoms with E-state index in [0.29, 0.717) is 37.2 Å². The van der Waals surface area contributed by atoms with Gasteiger partial charge in [0.25, 0.3) is 0 Å². The Morgan fingerprint density at radius 2 is 1.89 bits per heavy atom. The van der Waals surface area contributed by atoms with Crippen LogP contribution >= 0.6 is 0 Å². The number of nitrogens with zero attached hydrogens (tertiary/aromatic N) is 5. The van der Waals surface area contributed by atoms with Gasteiger partial charge in [0.05, 0.1) is 49.1 Å². The van der Waals surface area contributed by atoms with Gasteiger partial charge in [-0.15, -0.1) is 0 Å². The third kappa shape index (κ3) is 4.69. The minimum Gasteiger partial charge on any atom is -0.495 e. The van der Waals surface area contributed by atoms with Gasteiger partial charge in [0.2, 0.25) is 5.96 Å². The molecule has 2 aliphatic heterocycles. The van der Waals surface area contributed by atoms with Crippen LogP contribution in [0, 0.1) is 6.92 Å². The van der Waals surface area contributed by atoms with Crippen LogP contribution in [0.1, 0.15) is 19.7 Å². The zero-order valence-electron chi connectivity index (χ0n) is 21.8. The molecule has 0 fully saturated rings. The minimum absolute atomic E-state index is 0.296. The predicted molar refractivity (Wildman–Crippen MR) is 141 cm³/mol. The maximum atomic E-state index is 6.71. The first kappa shape index (κ1) is 25.3. The number of guanidine groups is 1. The SMILES string of the molecule is COCCn1c(-c2ccc(N3C(N)=NC=C4C=CN(CC(C)(C)OC)C(N)=C43)c(OC)c2)cnc1C. The summed E-state index contributed by atoms with van der Waals surface area (Å²) in [5, 5.41) is 0. The van der Waals surface area contributed by atoms with Crippen LogP contribution < -0.4 is 21.1 Å². The molecule has 0 radical (unpaired) electrons. The molecular weight excluding hydrogens is 458 g/mol. The summed E-state index contributed by atoms with van der Waals surface area (Å²) in [6.45, 7) is 7.86. The Kier molecular flexibility index (Phi) is 7.09. The number of ether oxygens (including phenoxy) is 3. The number of hydrogen-bond donors (Lipinski definition) is 2. The van der Waals surface area contributed by atoms with Crippen LogP contribution in [0.2, 0.25) is 0 Å². The van der Waals surface area contributed by atoms with Crippen LogP contribution in [-0.2, 0) is 16.0 Å². The number of aliphatic imine (C=N–C) groups is 1. The van der Waals surface area contributed by atoms with Gasteiger partial charge in [-0.05, 0) is 39.0 Å². The second-order valence-corrected chi connectivity index (χ2v) is 9.27. The van der Waals surface area contributed by atoms with Crippen LogP contribution in [0.3, 0.4) is 0 Å². The fourth-order valence-electron chi connectivity index (χ4n) is 4.31. The molecule has 36 heavy (non-hydrogen) atoms. The van der Waals surface area contributed by atoms with E-state index in [-0.39, 0.29) is 0 Å². The van der Waals surface area contributed by atoms with Gasteiger partial charge in [0, 0.05) is 44.3 Å². The average molecular weight is 494 g/mol. The standard InChI is InChI=1S/C26H35N7O3/c1-17-29-15-21(32(17)11-12-34-4)18-7-8-20(22(13-18)35-5)33-23-19(14-30-25(33)28)9-10-31(24(23)27)16-26(2,3)36-6/h7-10,13-15H,11-12,16,27H2,1-6H3,(H2,28,30). The highest BCUT2D eigenvalue weighted by Gasteiger charge is 2.32. The number of anilines is 1. The van der Waals surface area contributed by atoms with E-state index in [4.69, 9.17) is 25.7 Å². The number of hydrogen-bond acceptors (Lipinski definition) is 9. The number of aromatic nitrogens is 2. The first-order chi connectivity index (χ1) is 17.2. The summed E-state index contributed by atoms with van der Waals surface area (Å²) in [5.41, 5.74) is 17.0. The largest absolute Gasteiger partial charge is 0.495 e.